The maximum Gasteiger partial charge on any atom is 0.433 e. The van der Waals surface area contributed by atoms with Gasteiger partial charge in [-0.2, -0.15) is 13.2 Å². The van der Waals surface area contributed by atoms with E-state index in [1.165, 1.54) is 6.07 Å². The molecule has 37 heavy (non-hydrogen) atoms. The molecule has 1 aliphatic heterocycles. The molecule has 2 aromatic carbocycles. The minimum absolute atomic E-state index is 0.217. The SMILES string of the molecule is CCNc1cc(-c2cc(C(F)(F)F)nc3c(N4C=C(c5cccnc5)N=I4)cccc23)ccc1C(N)=O. The van der Waals surface area contributed by atoms with E-state index in [2.05, 4.69) is 18.4 Å². The molecule has 5 rings (SSSR count). The molecule has 0 saturated heterocycles. The normalized spacial score (nSPS) is 13.4. The molecular weight excluding hydrogens is 596 g/mol. The number of benzene rings is 2. The fraction of sp³-hybridized carbons (Fsp3) is 0.115. The number of anilines is 2. The zero-order chi connectivity index (χ0) is 26.2. The third-order valence-corrected chi connectivity index (χ3v) is 7.70. The molecule has 11 heteroatoms. The van der Waals surface area contributed by atoms with Gasteiger partial charge in [-0.25, -0.2) is 8.13 Å². The number of nitrogens with two attached hydrogens (primary N) is 1. The lowest BCUT2D eigenvalue weighted by Gasteiger charge is -2.18. The Hall–Kier alpha value is -3.87. The number of nitrogens with one attached hydrogen (secondary N) is 1. The summed E-state index contributed by atoms with van der Waals surface area (Å²) in [5.74, 6) is -0.627. The maximum absolute atomic E-state index is 14.0. The van der Waals surface area contributed by atoms with Crippen molar-refractivity contribution in [2.75, 3.05) is 15.0 Å². The molecular formula is C26H20F3IN6O. The Morgan fingerprint density at radius 3 is 2.65 bits per heavy atom. The average Bonchev–Trinajstić information content (AvgIpc) is 3.38. The Balaban J connectivity index is 1.70. The van der Waals surface area contributed by atoms with E-state index in [0.717, 1.165) is 17.3 Å². The Morgan fingerprint density at radius 2 is 1.95 bits per heavy atom. The summed E-state index contributed by atoms with van der Waals surface area (Å²) in [7, 11) is 0. The number of fused-ring (bicyclic) bond motifs is 1. The van der Waals surface area contributed by atoms with Gasteiger partial charge in [-0.15, -0.1) is 0 Å². The number of alkyl halides is 3. The number of amides is 1. The molecule has 0 spiro atoms. The number of carbonyl (C=O) groups is 1. The van der Waals surface area contributed by atoms with Crippen LogP contribution in [0.5, 0.6) is 0 Å². The first-order valence-electron chi connectivity index (χ1n) is 11.2. The summed E-state index contributed by atoms with van der Waals surface area (Å²) in [5, 5.41) is 3.62. The highest BCUT2D eigenvalue weighted by atomic mass is 127. The van der Waals surface area contributed by atoms with Gasteiger partial charge in [-0.3, -0.25) is 12.9 Å². The molecule has 1 amide bonds. The Bertz CT molecular complexity index is 1570. The summed E-state index contributed by atoms with van der Waals surface area (Å²) in [4.78, 5) is 20.0. The number of halogens is 4. The first-order valence-corrected chi connectivity index (χ1v) is 13.1. The van der Waals surface area contributed by atoms with Crippen LogP contribution < -0.4 is 14.2 Å². The van der Waals surface area contributed by atoms with Gasteiger partial charge < -0.3 is 11.1 Å². The largest absolute Gasteiger partial charge is 0.433 e. The zero-order valence-corrected chi connectivity index (χ0v) is 21.6. The zero-order valence-electron chi connectivity index (χ0n) is 19.4. The fourth-order valence-corrected chi connectivity index (χ4v) is 5.91. The number of rotatable bonds is 6. The third kappa shape index (κ3) is 4.90. The van der Waals surface area contributed by atoms with Gasteiger partial charge in [0.2, 0.25) is 0 Å². The fourth-order valence-electron chi connectivity index (χ4n) is 4.03. The number of para-hydroxylation sites is 1. The van der Waals surface area contributed by atoms with E-state index in [0.29, 0.717) is 34.4 Å². The third-order valence-electron chi connectivity index (χ3n) is 5.71. The first-order chi connectivity index (χ1) is 17.8. The van der Waals surface area contributed by atoms with E-state index in [-0.39, 0.29) is 11.1 Å². The van der Waals surface area contributed by atoms with E-state index in [1.54, 1.807) is 48.8 Å². The van der Waals surface area contributed by atoms with Crippen molar-refractivity contribution >= 4 is 55.2 Å². The van der Waals surface area contributed by atoms with Crippen LogP contribution in [0.15, 0.2) is 76.3 Å². The van der Waals surface area contributed by atoms with E-state index in [9.17, 15) is 18.0 Å². The van der Waals surface area contributed by atoms with Crippen molar-refractivity contribution < 1.29 is 18.0 Å². The van der Waals surface area contributed by atoms with Gasteiger partial charge in [0, 0.05) is 41.8 Å². The van der Waals surface area contributed by atoms with Crippen LogP contribution in [0, 0.1) is 0 Å². The van der Waals surface area contributed by atoms with E-state index < -0.39 is 39.1 Å². The van der Waals surface area contributed by atoms with Crippen molar-refractivity contribution in [1.82, 2.24) is 9.97 Å². The molecule has 0 bridgehead atoms. The standard InChI is InChI=1S/C26H20F3IN6O/c1-2-33-20-11-15(8-9-18(20)25(31)37)19-12-23(26(27,28)29)34-24-17(19)6-3-7-22(24)36-14-21(35-30-36)16-5-4-10-32-13-16/h3-14,33H,2H2,1H3,(H2,31,37). The van der Waals surface area contributed by atoms with Gasteiger partial charge in [0.15, 0.2) is 0 Å². The molecule has 2 aromatic heterocycles. The summed E-state index contributed by atoms with van der Waals surface area (Å²) >= 11 is -0.914. The van der Waals surface area contributed by atoms with Crippen LogP contribution in [0.3, 0.4) is 0 Å². The molecule has 4 aromatic rings. The Kier molecular flexibility index (Phi) is 6.63. The van der Waals surface area contributed by atoms with Gasteiger partial charge in [-0.1, -0.05) is 18.2 Å². The van der Waals surface area contributed by atoms with E-state index >= 15 is 0 Å². The van der Waals surface area contributed by atoms with Gasteiger partial charge in [0.1, 0.15) is 27.0 Å². The topological polar surface area (TPSA) is 96.5 Å². The number of aromatic nitrogens is 2. The van der Waals surface area contributed by atoms with Crippen LogP contribution in [-0.2, 0) is 6.18 Å². The quantitative estimate of drug-likeness (QED) is 0.185. The second-order valence-electron chi connectivity index (χ2n) is 8.11. The lowest BCUT2D eigenvalue weighted by molar-refractivity contribution is -0.140. The predicted octanol–water partition coefficient (Wildman–Crippen LogP) is 6.73. The van der Waals surface area contributed by atoms with Crippen LogP contribution >= 0.6 is 21.3 Å². The van der Waals surface area contributed by atoms with Crippen LogP contribution in [0.25, 0.3) is 27.7 Å². The molecule has 0 fully saturated rings. The molecule has 7 nitrogen and oxygen atoms in total. The summed E-state index contributed by atoms with van der Waals surface area (Å²) in [6.07, 6.45) is 0.528. The van der Waals surface area contributed by atoms with Crippen molar-refractivity contribution in [3.63, 3.8) is 0 Å². The predicted molar refractivity (Wildman–Crippen MR) is 146 cm³/mol. The summed E-state index contributed by atoms with van der Waals surface area (Å²) < 4.78 is 48.5. The van der Waals surface area contributed by atoms with Gasteiger partial charge in [0.25, 0.3) is 5.91 Å². The molecule has 0 radical (unpaired) electrons. The lowest BCUT2D eigenvalue weighted by Crippen LogP contribution is -2.14. The lowest BCUT2D eigenvalue weighted by atomic mass is 9.97. The Morgan fingerprint density at radius 1 is 1.11 bits per heavy atom. The highest BCUT2D eigenvalue weighted by molar-refractivity contribution is 14.2. The maximum atomic E-state index is 14.0. The summed E-state index contributed by atoms with van der Waals surface area (Å²) in [5.41, 5.74) is 8.37. The monoisotopic (exact) mass is 616 g/mol. The first kappa shape index (κ1) is 24.8. The van der Waals surface area contributed by atoms with Crippen molar-refractivity contribution in [3.8, 4) is 11.1 Å². The van der Waals surface area contributed by atoms with Gasteiger partial charge >= 0.3 is 6.18 Å². The number of hydrogen-bond donors (Lipinski definition) is 2. The van der Waals surface area contributed by atoms with Gasteiger partial charge in [-0.05, 0) is 54.4 Å². The smallest absolute Gasteiger partial charge is 0.385 e. The van der Waals surface area contributed by atoms with Crippen LogP contribution in [0.2, 0.25) is 0 Å². The summed E-state index contributed by atoms with van der Waals surface area (Å²) in [6, 6.07) is 14.8. The number of carbonyl (C=O) groups excluding carboxylic acids is 1. The molecule has 0 atom stereocenters. The molecule has 0 saturated carbocycles. The molecule has 0 unspecified atom stereocenters. The number of nitrogens with zero attached hydrogens (tertiary/aromatic N) is 4. The van der Waals surface area contributed by atoms with Crippen molar-refractivity contribution in [2.45, 2.75) is 13.1 Å². The van der Waals surface area contributed by atoms with Crippen LogP contribution in [0.1, 0.15) is 28.5 Å². The van der Waals surface area contributed by atoms with Crippen LogP contribution in [-0.4, -0.2) is 22.4 Å². The van der Waals surface area contributed by atoms with Crippen molar-refractivity contribution in [1.29, 1.82) is 0 Å². The number of pyridine rings is 2. The average molecular weight is 616 g/mol. The Labute approximate surface area is 220 Å². The number of hydrogen-bond acceptors (Lipinski definition) is 6. The van der Waals surface area contributed by atoms with Crippen molar-refractivity contribution in [2.24, 2.45) is 8.88 Å². The van der Waals surface area contributed by atoms with Gasteiger partial charge in [0.05, 0.1) is 22.5 Å². The van der Waals surface area contributed by atoms with E-state index in [4.69, 9.17) is 5.73 Å². The molecule has 0 aliphatic carbocycles. The second-order valence-corrected chi connectivity index (χ2v) is 10.1. The van der Waals surface area contributed by atoms with Crippen LogP contribution in [0.4, 0.5) is 24.5 Å². The second kappa shape index (κ2) is 9.88. The minimum atomic E-state index is -4.66. The molecule has 1 aliphatic rings. The highest BCUT2D eigenvalue weighted by Crippen LogP contribution is 2.42. The molecule has 3 heterocycles. The molecule has 3 N–H and O–H groups in total. The minimum Gasteiger partial charge on any atom is -0.385 e. The number of primary amides is 1. The highest BCUT2D eigenvalue weighted by Gasteiger charge is 2.34. The summed E-state index contributed by atoms with van der Waals surface area (Å²) in [6.45, 7) is 2.36. The molecule has 188 valence electrons. The van der Waals surface area contributed by atoms with Crippen molar-refractivity contribution in [3.05, 3.63) is 90.0 Å². The van der Waals surface area contributed by atoms with E-state index in [1.807, 2.05) is 22.3 Å².